The Morgan fingerprint density at radius 2 is 1.57 bits per heavy atom. The molecule has 1 aliphatic heterocycles. The van der Waals surface area contributed by atoms with E-state index in [0.29, 0.717) is 6.54 Å². The Balaban J connectivity index is 1.29. The minimum atomic E-state index is -0.285. The molecule has 1 heterocycles. The van der Waals surface area contributed by atoms with Gasteiger partial charge < -0.3 is 10.6 Å². The number of urea groups is 1. The number of carbonyl (C=O) groups excluding carboxylic acids is 2. The molecule has 1 saturated heterocycles. The van der Waals surface area contributed by atoms with E-state index in [1.54, 1.807) is 0 Å². The Bertz CT molecular complexity index is 452. The van der Waals surface area contributed by atoms with Crippen LogP contribution in [0.15, 0.2) is 0 Å². The molecule has 0 atom stereocenters. The number of amides is 3. The number of nitrogens with zero attached hydrogens (tertiary/aromatic N) is 1. The van der Waals surface area contributed by atoms with Crippen LogP contribution in [0.1, 0.15) is 38.5 Å². The Kier molecular flexibility index (Phi) is 4.05. The third-order valence-electron chi connectivity index (χ3n) is 6.25. The van der Waals surface area contributed by atoms with E-state index in [4.69, 9.17) is 0 Å². The highest BCUT2D eigenvalue weighted by Crippen LogP contribution is 2.55. The van der Waals surface area contributed by atoms with Crippen molar-refractivity contribution in [1.29, 1.82) is 0 Å². The molecule has 5 aliphatic rings. The topological polar surface area (TPSA) is 73.5 Å². The average Bonchev–Trinajstić information content (AvgIpc) is 2.45. The van der Waals surface area contributed by atoms with Crippen molar-refractivity contribution >= 4 is 11.9 Å². The largest absolute Gasteiger partial charge is 0.332 e. The smallest absolute Gasteiger partial charge is 0.321 e. The highest BCUT2D eigenvalue weighted by molar-refractivity contribution is 5.95. The Labute approximate surface area is 137 Å². The molecular formula is C17H28N4O2. The summed E-state index contributed by atoms with van der Waals surface area (Å²) in [5, 5.41) is 9.00. The zero-order valence-corrected chi connectivity index (χ0v) is 13.8. The van der Waals surface area contributed by atoms with Crippen molar-refractivity contribution in [3.63, 3.8) is 0 Å². The molecule has 0 aromatic carbocycles. The van der Waals surface area contributed by atoms with Gasteiger partial charge in [-0.2, -0.15) is 0 Å². The fourth-order valence-corrected chi connectivity index (χ4v) is 5.77. The summed E-state index contributed by atoms with van der Waals surface area (Å²) in [4.78, 5) is 26.5. The lowest BCUT2D eigenvalue weighted by Gasteiger charge is -2.56. The van der Waals surface area contributed by atoms with Crippen molar-refractivity contribution in [1.82, 2.24) is 20.9 Å². The van der Waals surface area contributed by atoms with Gasteiger partial charge in [0, 0.05) is 31.7 Å². The Morgan fingerprint density at radius 1 is 1.00 bits per heavy atom. The lowest BCUT2D eigenvalue weighted by molar-refractivity contribution is -0.121. The second-order valence-electron chi connectivity index (χ2n) is 8.23. The first kappa shape index (κ1) is 15.4. The standard InChI is InChI=1S/C17H28N4O2/c22-15(11-21-3-1-18-2-4-21)19-16(23)20-17-8-12-5-13(9-17)7-14(6-12)10-17/h12-14,18H,1-11H2,(H2,19,20,22,23). The van der Waals surface area contributed by atoms with Crippen LogP contribution in [0.25, 0.3) is 0 Å². The van der Waals surface area contributed by atoms with E-state index < -0.39 is 0 Å². The summed E-state index contributed by atoms with van der Waals surface area (Å²) in [6.45, 7) is 3.86. The van der Waals surface area contributed by atoms with Gasteiger partial charge in [0.05, 0.1) is 6.54 Å². The first-order valence-electron chi connectivity index (χ1n) is 9.15. The van der Waals surface area contributed by atoms with Crippen LogP contribution >= 0.6 is 0 Å². The Hall–Kier alpha value is -1.14. The maximum Gasteiger partial charge on any atom is 0.321 e. The van der Waals surface area contributed by atoms with Crippen LogP contribution in [0, 0.1) is 17.8 Å². The molecule has 3 amide bonds. The number of nitrogens with one attached hydrogen (secondary N) is 3. The number of rotatable bonds is 3. The first-order chi connectivity index (χ1) is 11.1. The monoisotopic (exact) mass is 320 g/mol. The van der Waals surface area contributed by atoms with Crippen LogP contribution in [-0.4, -0.2) is 55.1 Å². The van der Waals surface area contributed by atoms with Gasteiger partial charge in [0.15, 0.2) is 0 Å². The number of carbonyl (C=O) groups is 2. The van der Waals surface area contributed by atoms with E-state index in [9.17, 15) is 9.59 Å². The van der Waals surface area contributed by atoms with Gasteiger partial charge in [0.2, 0.25) is 5.91 Å². The summed E-state index contributed by atoms with van der Waals surface area (Å²) in [6.07, 6.45) is 7.38. The summed E-state index contributed by atoms with van der Waals surface area (Å²) in [5.74, 6) is 2.18. The second kappa shape index (κ2) is 6.06. The minimum absolute atomic E-state index is 0.0336. The van der Waals surface area contributed by atoms with Gasteiger partial charge in [0.1, 0.15) is 0 Å². The molecule has 5 rings (SSSR count). The predicted molar refractivity (Wildman–Crippen MR) is 86.9 cm³/mol. The lowest BCUT2D eigenvalue weighted by Crippen LogP contribution is -2.62. The van der Waals surface area contributed by atoms with Gasteiger partial charge in [-0.15, -0.1) is 0 Å². The first-order valence-corrected chi connectivity index (χ1v) is 9.15. The third kappa shape index (κ3) is 3.38. The highest BCUT2D eigenvalue weighted by Gasteiger charge is 2.51. The zero-order chi connectivity index (χ0) is 15.9. The van der Waals surface area contributed by atoms with Crippen LogP contribution in [-0.2, 0) is 4.79 Å². The average molecular weight is 320 g/mol. The van der Waals surface area contributed by atoms with Gasteiger partial charge >= 0.3 is 6.03 Å². The van der Waals surface area contributed by atoms with Gasteiger partial charge in [0.25, 0.3) is 0 Å². The predicted octanol–water partition coefficient (Wildman–Crippen LogP) is 0.686. The molecule has 0 aromatic heterocycles. The summed E-state index contributed by atoms with van der Waals surface area (Å²) in [5.41, 5.74) is -0.0336. The van der Waals surface area contributed by atoms with Crippen molar-refractivity contribution < 1.29 is 9.59 Å². The van der Waals surface area contributed by atoms with Crippen molar-refractivity contribution in [3.05, 3.63) is 0 Å². The lowest BCUT2D eigenvalue weighted by atomic mass is 9.53. The number of piperazine rings is 1. The van der Waals surface area contributed by atoms with E-state index in [1.165, 1.54) is 19.3 Å². The van der Waals surface area contributed by atoms with Crippen LogP contribution in [0.5, 0.6) is 0 Å². The molecular weight excluding hydrogens is 292 g/mol. The van der Waals surface area contributed by atoms with Gasteiger partial charge in [-0.1, -0.05) is 0 Å². The quantitative estimate of drug-likeness (QED) is 0.715. The molecule has 0 radical (unpaired) electrons. The number of imide groups is 1. The number of hydrogen-bond donors (Lipinski definition) is 3. The maximum absolute atomic E-state index is 12.3. The normalized spacial score (nSPS) is 39.2. The van der Waals surface area contributed by atoms with Crippen LogP contribution in [0.4, 0.5) is 4.79 Å². The van der Waals surface area contributed by atoms with E-state index in [-0.39, 0.29) is 17.5 Å². The maximum atomic E-state index is 12.3. The van der Waals surface area contributed by atoms with Crippen molar-refractivity contribution in [2.75, 3.05) is 32.7 Å². The SMILES string of the molecule is O=C(CN1CCNCC1)NC(=O)NC12CC3CC(CC(C3)C1)C2. The molecule has 0 unspecified atom stereocenters. The Morgan fingerprint density at radius 3 is 2.13 bits per heavy atom. The molecule has 23 heavy (non-hydrogen) atoms. The van der Waals surface area contributed by atoms with Crippen molar-refractivity contribution in [2.24, 2.45) is 17.8 Å². The van der Waals surface area contributed by atoms with Crippen LogP contribution < -0.4 is 16.0 Å². The minimum Gasteiger partial charge on any atom is -0.332 e. The molecule has 4 saturated carbocycles. The van der Waals surface area contributed by atoms with Gasteiger partial charge in [-0.3, -0.25) is 15.0 Å². The third-order valence-corrected chi connectivity index (χ3v) is 6.25. The zero-order valence-electron chi connectivity index (χ0n) is 13.8. The summed E-state index contributed by atoms with van der Waals surface area (Å²) < 4.78 is 0. The summed E-state index contributed by atoms with van der Waals surface area (Å²) in [7, 11) is 0. The molecule has 3 N–H and O–H groups in total. The molecule has 6 nitrogen and oxygen atoms in total. The fraction of sp³-hybridized carbons (Fsp3) is 0.882. The van der Waals surface area contributed by atoms with E-state index in [2.05, 4.69) is 20.9 Å². The van der Waals surface area contributed by atoms with Crippen molar-refractivity contribution in [3.8, 4) is 0 Å². The highest BCUT2D eigenvalue weighted by atomic mass is 16.2. The molecule has 4 aliphatic carbocycles. The van der Waals surface area contributed by atoms with Gasteiger partial charge in [-0.05, 0) is 56.3 Å². The number of hydrogen-bond acceptors (Lipinski definition) is 4. The molecule has 0 aromatic rings. The summed E-state index contributed by atoms with van der Waals surface area (Å²) >= 11 is 0. The van der Waals surface area contributed by atoms with Gasteiger partial charge in [-0.25, -0.2) is 4.79 Å². The molecule has 128 valence electrons. The molecule has 4 bridgehead atoms. The molecule has 0 spiro atoms. The fourth-order valence-electron chi connectivity index (χ4n) is 5.77. The van der Waals surface area contributed by atoms with Crippen LogP contribution in [0.2, 0.25) is 0 Å². The summed E-state index contributed by atoms with van der Waals surface area (Å²) in [6, 6.07) is -0.285. The van der Waals surface area contributed by atoms with Crippen LogP contribution in [0.3, 0.4) is 0 Å². The van der Waals surface area contributed by atoms with Crippen molar-refractivity contribution in [2.45, 2.75) is 44.1 Å². The molecule has 6 heteroatoms. The van der Waals surface area contributed by atoms with E-state index in [0.717, 1.165) is 63.2 Å². The second-order valence-corrected chi connectivity index (χ2v) is 8.23. The van der Waals surface area contributed by atoms with E-state index in [1.807, 2.05) is 0 Å². The molecule has 5 fully saturated rings. The van der Waals surface area contributed by atoms with E-state index >= 15 is 0 Å².